The van der Waals surface area contributed by atoms with Gasteiger partial charge in [-0.2, -0.15) is 0 Å². The Morgan fingerprint density at radius 3 is 2.69 bits per heavy atom. The Morgan fingerprint density at radius 2 is 1.90 bits per heavy atom. The third-order valence-electron chi connectivity index (χ3n) is 5.02. The lowest BCUT2D eigenvalue weighted by molar-refractivity contribution is 0.0951. The number of rotatable bonds is 5. The summed E-state index contributed by atoms with van der Waals surface area (Å²) in [4.78, 5) is 16.2. The molecule has 0 fully saturated rings. The molecular weight excluding hydrogens is 383 g/mol. The predicted octanol–water partition coefficient (Wildman–Crippen LogP) is 5.18. The molecule has 1 aliphatic rings. The number of amides is 1. The molecule has 1 aliphatic heterocycles. The summed E-state index contributed by atoms with van der Waals surface area (Å²) in [7, 11) is 0. The van der Waals surface area contributed by atoms with Crippen LogP contribution in [0.4, 0.5) is 10.1 Å². The molecule has 0 radical (unpaired) electrons. The van der Waals surface area contributed by atoms with Gasteiger partial charge in [0.1, 0.15) is 5.82 Å². The molecule has 0 spiro atoms. The van der Waals surface area contributed by atoms with Gasteiger partial charge in [0, 0.05) is 35.8 Å². The number of carbonyl (C=O) groups is 1. The first-order valence-corrected chi connectivity index (χ1v) is 10.7. The van der Waals surface area contributed by atoms with Crippen LogP contribution < -0.4 is 10.2 Å². The number of nitrogens with one attached hydrogen (secondary N) is 1. The smallest absolute Gasteiger partial charge is 0.251 e. The zero-order valence-corrected chi connectivity index (χ0v) is 17.1. The van der Waals surface area contributed by atoms with Gasteiger partial charge in [0.2, 0.25) is 0 Å². The van der Waals surface area contributed by atoms with Gasteiger partial charge in [-0.1, -0.05) is 42.0 Å². The van der Waals surface area contributed by atoms with Crippen molar-refractivity contribution in [2.75, 3.05) is 17.2 Å². The monoisotopic (exact) mass is 406 g/mol. The number of hydrogen-bond acceptors (Lipinski definition) is 3. The van der Waals surface area contributed by atoms with E-state index in [0.29, 0.717) is 12.1 Å². The first kappa shape index (κ1) is 19.5. The zero-order valence-electron chi connectivity index (χ0n) is 16.3. The van der Waals surface area contributed by atoms with Crippen LogP contribution in [0.25, 0.3) is 0 Å². The van der Waals surface area contributed by atoms with Gasteiger partial charge in [-0.3, -0.25) is 4.79 Å². The number of fused-ring (bicyclic) bond motifs is 1. The molecule has 5 heteroatoms. The van der Waals surface area contributed by atoms with Crippen LogP contribution in [0.2, 0.25) is 0 Å². The summed E-state index contributed by atoms with van der Waals surface area (Å²) in [6.07, 6.45) is 0. The summed E-state index contributed by atoms with van der Waals surface area (Å²) >= 11 is 1.82. The maximum absolute atomic E-state index is 13.3. The normalized spacial score (nSPS) is 13.1. The Balaban J connectivity index is 1.49. The average molecular weight is 407 g/mol. The standard InChI is InChI=1S/C24H23FN2OS/c1-17-5-7-18(8-6-17)16-27-11-12-29-23-10-9-20(14-22(23)27)24(28)26-15-19-3-2-4-21(25)13-19/h2-10,13-14H,11-12,15-16H2,1H3,(H,26,28). The molecule has 1 amide bonds. The third-order valence-corrected chi connectivity index (χ3v) is 6.06. The quantitative estimate of drug-likeness (QED) is 0.634. The van der Waals surface area contributed by atoms with Crippen LogP contribution in [0.3, 0.4) is 0 Å². The molecule has 0 atom stereocenters. The van der Waals surface area contributed by atoms with Crippen LogP contribution >= 0.6 is 11.8 Å². The topological polar surface area (TPSA) is 32.3 Å². The molecule has 3 aromatic carbocycles. The van der Waals surface area contributed by atoms with Crippen molar-refractivity contribution in [2.24, 2.45) is 0 Å². The summed E-state index contributed by atoms with van der Waals surface area (Å²) < 4.78 is 13.3. The number of thioether (sulfide) groups is 1. The minimum absolute atomic E-state index is 0.150. The Labute approximate surface area is 174 Å². The van der Waals surface area contributed by atoms with Crippen molar-refractivity contribution < 1.29 is 9.18 Å². The molecule has 4 rings (SSSR count). The molecule has 0 bridgehead atoms. The Kier molecular flexibility index (Phi) is 5.86. The Hall–Kier alpha value is -2.79. The van der Waals surface area contributed by atoms with Gasteiger partial charge >= 0.3 is 0 Å². The number of anilines is 1. The molecule has 3 nitrogen and oxygen atoms in total. The first-order chi connectivity index (χ1) is 14.1. The van der Waals surface area contributed by atoms with Crippen LogP contribution in [0.1, 0.15) is 27.0 Å². The van der Waals surface area contributed by atoms with Crippen molar-refractivity contribution in [3.05, 3.63) is 94.8 Å². The molecule has 0 aliphatic carbocycles. The average Bonchev–Trinajstić information content (AvgIpc) is 2.73. The fourth-order valence-corrected chi connectivity index (χ4v) is 4.46. The summed E-state index contributed by atoms with van der Waals surface area (Å²) in [5.74, 6) is 0.585. The Bertz CT molecular complexity index is 1020. The molecule has 1 N–H and O–H groups in total. The molecule has 0 saturated carbocycles. The highest BCUT2D eigenvalue weighted by Crippen LogP contribution is 2.36. The lowest BCUT2D eigenvalue weighted by Gasteiger charge is -2.31. The van der Waals surface area contributed by atoms with Crippen molar-refractivity contribution in [3.8, 4) is 0 Å². The number of benzene rings is 3. The summed E-state index contributed by atoms with van der Waals surface area (Å²) in [6.45, 7) is 4.16. The van der Waals surface area contributed by atoms with Gasteiger partial charge in [0.05, 0.1) is 5.69 Å². The molecule has 3 aromatic rings. The number of hydrogen-bond donors (Lipinski definition) is 1. The second-order valence-corrected chi connectivity index (χ2v) is 8.39. The van der Waals surface area contributed by atoms with E-state index in [1.807, 2.05) is 30.0 Å². The van der Waals surface area contributed by atoms with Gasteiger partial charge in [0.25, 0.3) is 5.91 Å². The highest BCUT2D eigenvalue weighted by molar-refractivity contribution is 7.99. The molecule has 0 unspecified atom stereocenters. The lowest BCUT2D eigenvalue weighted by Crippen LogP contribution is -2.29. The fraction of sp³-hybridized carbons (Fsp3) is 0.208. The SMILES string of the molecule is Cc1ccc(CN2CCSc3ccc(C(=O)NCc4cccc(F)c4)cc32)cc1. The minimum atomic E-state index is -0.297. The van der Waals surface area contributed by atoms with E-state index in [1.54, 1.807) is 12.1 Å². The molecular formula is C24H23FN2OS. The highest BCUT2D eigenvalue weighted by atomic mass is 32.2. The summed E-state index contributed by atoms with van der Waals surface area (Å²) in [5.41, 5.74) is 4.97. The lowest BCUT2D eigenvalue weighted by atomic mass is 10.1. The number of halogens is 1. The van der Waals surface area contributed by atoms with Crippen LogP contribution in [0, 0.1) is 12.7 Å². The van der Waals surface area contributed by atoms with E-state index < -0.39 is 0 Å². The number of aryl methyl sites for hydroxylation is 1. The fourth-order valence-electron chi connectivity index (χ4n) is 3.42. The van der Waals surface area contributed by atoms with Crippen molar-refractivity contribution in [2.45, 2.75) is 24.9 Å². The Morgan fingerprint density at radius 1 is 1.07 bits per heavy atom. The van der Waals surface area contributed by atoms with Gasteiger partial charge in [0.15, 0.2) is 0 Å². The van der Waals surface area contributed by atoms with E-state index >= 15 is 0 Å². The number of carbonyl (C=O) groups excluding carboxylic acids is 1. The van der Waals surface area contributed by atoms with Gasteiger partial charge in [-0.25, -0.2) is 4.39 Å². The van der Waals surface area contributed by atoms with E-state index in [1.165, 1.54) is 28.2 Å². The van der Waals surface area contributed by atoms with E-state index in [-0.39, 0.29) is 11.7 Å². The largest absolute Gasteiger partial charge is 0.365 e. The molecule has 0 saturated heterocycles. The van der Waals surface area contributed by atoms with Crippen LogP contribution in [-0.4, -0.2) is 18.2 Å². The van der Waals surface area contributed by atoms with Gasteiger partial charge in [-0.15, -0.1) is 11.8 Å². The van der Waals surface area contributed by atoms with Crippen LogP contribution in [-0.2, 0) is 13.1 Å². The summed E-state index contributed by atoms with van der Waals surface area (Å²) in [6, 6.07) is 20.7. The van der Waals surface area contributed by atoms with E-state index in [0.717, 1.165) is 30.1 Å². The van der Waals surface area contributed by atoms with Crippen molar-refractivity contribution >= 4 is 23.4 Å². The van der Waals surface area contributed by atoms with Crippen molar-refractivity contribution in [1.82, 2.24) is 5.32 Å². The second kappa shape index (κ2) is 8.70. The highest BCUT2D eigenvalue weighted by Gasteiger charge is 2.19. The van der Waals surface area contributed by atoms with Crippen molar-refractivity contribution in [3.63, 3.8) is 0 Å². The first-order valence-electron chi connectivity index (χ1n) is 9.68. The summed E-state index contributed by atoms with van der Waals surface area (Å²) in [5, 5.41) is 2.89. The maximum Gasteiger partial charge on any atom is 0.251 e. The molecule has 148 valence electrons. The van der Waals surface area contributed by atoms with Gasteiger partial charge < -0.3 is 10.2 Å². The molecule has 29 heavy (non-hydrogen) atoms. The number of nitrogens with zero attached hydrogens (tertiary/aromatic N) is 1. The molecule has 1 heterocycles. The minimum Gasteiger partial charge on any atom is -0.365 e. The van der Waals surface area contributed by atoms with Crippen molar-refractivity contribution in [1.29, 1.82) is 0 Å². The second-order valence-electron chi connectivity index (χ2n) is 7.25. The van der Waals surface area contributed by atoms with E-state index in [9.17, 15) is 9.18 Å². The van der Waals surface area contributed by atoms with Crippen LogP contribution in [0.15, 0.2) is 71.6 Å². The van der Waals surface area contributed by atoms with E-state index in [2.05, 4.69) is 41.4 Å². The molecule has 0 aromatic heterocycles. The third kappa shape index (κ3) is 4.80. The zero-order chi connectivity index (χ0) is 20.2. The van der Waals surface area contributed by atoms with E-state index in [4.69, 9.17) is 0 Å². The van der Waals surface area contributed by atoms with Crippen LogP contribution in [0.5, 0.6) is 0 Å². The predicted molar refractivity (Wildman–Crippen MR) is 117 cm³/mol. The maximum atomic E-state index is 13.3. The van der Waals surface area contributed by atoms with Gasteiger partial charge in [-0.05, 0) is 48.4 Å².